The van der Waals surface area contributed by atoms with Gasteiger partial charge in [-0.1, -0.05) is 19.9 Å². The van der Waals surface area contributed by atoms with Crippen molar-refractivity contribution in [3.8, 4) is 11.5 Å². The fourth-order valence-corrected chi connectivity index (χ4v) is 2.66. The third-order valence-corrected chi connectivity index (χ3v) is 4.25. The highest BCUT2D eigenvalue weighted by Gasteiger charge is 2.16. The molecule has 0 amide bonds. The average molecular weight is 341 g/mol. The van der Waals surface area contributed by atoms with Gasteiger partial charge in [-0.3, -0.25) is 4.98 Å². The van der Waals surface area contributed by atoms with Crippen molar-refractivity contribution in [1.29, 1.82) is 0 Å². The molecule has 3 rings (SSSR count). The van der Waals surface area contributed by atoms with Gasteiger partial charge in [0.1, 0.15) is 0 Å². The molecule has 0 radical (unpaired) electrons. The van der Waals surface area contributed by atoms with Gasteiger partial charge in [0.15, 0.2) is 11.5 Å². The molecule has 1 aliphatic rings. The fraction of sp³-hybridized carbons (Fsp3) is 0.400. The van der Waals surface area contributed by atoms with E-state index in [-0.39, 0.29) is 18.9 Å². The molecule has 1 aromatic heterocycles. The van der Waals surface area contributed by atoms with E-state index < -0.39 is 0 Å². The second-order valence-corrected chi connectivity index (χ2v) is 6.60. The number of carbonyl (C=O) groups is 1. The molecule has 5 nitrogen and oxygen atoms in total. The summed E-state index contributed by atoms with van der Waals surface area (Å²) in [5.41, 5.74) is 2.67. The minimum absolute atomic E-state index is 0.180. The lowest BCUT2D eigenvalue weighted by Gasteiger charge is -2.14. The van der Waals surface area contributed by atoms with Crippen LogP contribution in [0.2, 0.25) is 0 Å². The van der Waals surface area contributed by atoms with Crippen molar-refractivity contribution in [1.82, 2.24) is 4.98 Å². The summed E-state index contributed by atoms with van der Waals surface area (Å²) in [7, 11) is 0. The standard InChI is InChI=1S/C20H23NO4/c1-13(2)16-9-17(11-21-10-16)20(22)25-14(3)4-5-15-6-7-18-19(8-15)24-12-23-18/h6-11,13-14H,4-5,12H2,1-3H3. The number of esters is 1. The van der Waals surface area contributed by atoms with Crippen molar-refractivity contribution in [3.63, 3.8) is 0 Å². The highest BCUT2D eigenvalue weighted by Crippen LogP contribution is 2.32. The fourth-order valence-electron chi connectivity index (χ4n) is 2.66. The van der Waals surface area contributed by atoms with Crippen molar-refractivity contribution in [3.05, 3.63) is 53.3 Å². The first-order chi connectivity index (χ1) is 12.0. The Balaban J connectivity index is 1.54. The number of ether oxygens (including phenoxy) is 3. The third kappa shape index (κ3) is 4.29. The molecule has 2 aromatic rings. The van der Waals surface area contributed by atoms with E-state index in [9.17, 15) is 4.79 Å². The smallest absolute Gasteiger partial charge is 0.339 e. The Kier molecular flexibility index (Phi) is 5.22. The van der Waals surface area contributed by atoms with Crippen LogP contribution in [0.15, 0.2) is 36.7 Å². The quantitative estimate of drug-likeness (QED) is 0.740. The summed E-state index contributed by atoms with van der Waals surface area (Å²) in [5.74, 6) is 1.55. The van der Waals surface area contributed by atoms with Crippen molar-refractivity contribution < 1.29 is 19.0 Å². The van der Waals surface area contributed by atoms with Crippen LogP contribution in [0.4, 0.5) is 0 Å². The molecule has 25 heavy (non-hydrogen) atoms. The maximum absolute atomic E-state index is 12.3. The Morgan fingerprint density at radius 1 is 1.16 bits per heavy atom. The van der Waals surface area contributed by atoms with Gasteiger partial charge in [0.05, 0.1) is 11.7 Å². The van der Waals surface area contributed by atoms with Crippen molar-refractivity contribution in [2.24, 2.45) is 0 Å². The number of aromatic nitrogens is 1. The normalized spacial score (nSPS) is 13.8. The number of nitrogens with zero attached hydrogens (tertiary/aromatic N) is 1. The van der Waals surface area contributed by atoms with Crippen LogP contribution in [0.3, 0.4) is 0 Å². The Morgan fingerprint density at radius 3 is 2.76 bits per heavy atom. The molecular weight excluding hydrogens is 318 g/mol. The molecule has 0 fully saturated rings. The van der Waals surface area contributed by atoms with Gasteiger partial charge in [0.25, 0.3) is 0 Å². The van der Waals surface area contributed by atoms with E-state index in [1.54, 1.807) is 12.4 Å². The predicted octanol–water partition coefficient (Wildman–Crippen LogP) is 4.11. The first-order valence-corrected chi connectivity index (χ1v) is 8.57. The molecule has 1 unspecified atom stereocenters. The zero-order valence-corrected chi connectivity index (χ0v) is 14.8. The van der Waals surface area contributed by atoms with Gasteiger partial charge in [-0.05, 0) is 55.0 Å². The molecule has 0 bridgehead atoms. The van der Waals surface area contributed by atoms with Crippen LogP contribution in [0.1, 0.15) is 54.6 Å². The number of benzene rings is 1. The SMILES string of the molecule is CC(CCc1ccc2c(c1)OCO2)OC(=O)c1cncc(C(C)C)c1. The van der Waals surface area contributed by atoms with E-state index >= 15 is 0 Å². The van der Waals surface area contributed by atoms with Crippen LogP contribution in [-0.4, -0.2) is 23.9 Å². The summed E-state index contributed by atoms with van der Waals surface area (Å²) in [5, 5.41) is 0. The summed E-state index contributed by atoms with van der Waals surface area (Å²) in [6.07, 6.45) is 4.70. The van der Waals surface area contributed by atoms with Gasteiger partial charge >= 0.3 is 5.97 Å². The topological polar surface area (TPSA) is 57.7 Å². The molecule has 0 saturated carbocycles. The van der Waals surface area contributed by atoms with Crippen LogP contribution >= 0.6 is 0 Å². The summed E-state index contributed by atoms with van der Waals surface area (Å²) in [4.78, 5) is 16.4. The van der Waals surface area contributed by atoms with Gasteiger partial charge in [-0.25, -0.2) is 4.79 Å². The van der Waals surface area contributed by atoms with Crippen molar-refractivity contribution >= 4 is 5.97 Å². The van der Waals surface area contributed by atoms with E-state index in [4.69, 9.17) is 14.2 Å². The van der Waals surface area contributed by atoms with Crippen molar-refractivity contribution in [2.45, 2.75) is 45.6 Å². The molecule has 0 spiro atoms. The summed E-state index contributed by atoms with van der Waals surface area (Å²) >= 11 is 0. The molecular formula is C20H23NO4. The van der Waals surface area contributed by atoms with Crippen LogP contribution < -0.4 is 9.47 Å². The van der Waals surface area contributed by atoms with Crippen LogP contribution in [-0.2, 0) is 11.2 Å². The molecule has 5 heteroatoms. The maximum Gasteiger partial charge on any atom is 0.339 e. The Labute approximate surface area is 147 Å². The number of carbonyl (C=O) groups excluding carboxylic acids is 1. The number of hydrogen-bond donors (Lipinski definition) is 0. The van der Waals surface area contributed by atoms with Gasteiger partial charge in [0.2, 0.25) is 6.79 Å². The molecule has 132 valence electrons. The maximum atomic E-state index is 12.3. The summed E-state index contributed by atoms with van der Waals surface area (Å²) < 4.78 is 16.2. The lowest BCUT2D eigenvalue weighted by Crippen LogP contribution is -2.16. The zero-order valence-electron chi connectivity index (χ0n) is 14.8. The number of rotatable bonds is 6. The van der Waals surface area contributed by atoms with E-state index in [1.807, 2.05) is 31.2 Å². The Bertz CT molecular complexity index is 757. The van der Waals surface area contributed by atoms with Gasteiger partial charge < -0.3 is 14.2 Å². The lowest BCUT2D eigenvalue weighted by molar-refractivity contribution is 0.0324. The first-order valence-electron chi connectivity index (χ1n) is 8.57. The van der Waals surface area contributed by atoms with Gasteiger partial charge in [0, 0.05) is 12.4 Å². The molecule has 0 saturated heterocycles. The van der Waals surface area contributed by atoms with Crippen LogP contribution in [0.25, 0.3) is 0 Å². The van der Waals surface area contributed by atoms with Gasteiger partial charge in [-0.2, -0.15) is 0 Å². The minimum Gasteiger partial charge on any atom is -0.459 e. The minimum atomic E-state index is -0.326. The Hall–Kier alpha value is -2.56. The number of fused-ring (bicyclic) bond motifs is 1. The summed E-state index contributed by atoms with van der Waals surface area (Å²) in [6.45, 7) is 6.32. The second kappa shape index (κ2) is 7.55. The Morgan fingerprint density at radius 2 is 1.96 bits per heavy atom. The molecule has 2 heterocycles. The number of pyridine rings is 1. The van der Waals surface area contributed by atoms with E-state index in [1.165, 1.54) is 0 Å². The zero-order chi connectivity index (χ0) is 17.8. The van der Waals surface area contributed by atoms with E-state index in [0.717, 1.165) is 35.5 Å². The van der Waals surface area contributed by atoms with Crippen LogP contribution in [0, 0.1) is 0 Å². The van der Waals surface area contributed by atoms with E-state index in [2.05, 4.69) is 18.8 Å². The molecule has 1 aliphatic heterocycles. The largest absolute Gasteiger partial charge is 0.459 e. The lowest BCUT2D eigenvalue weighted by atomic mass is 10.0. The van der Waals surface area contributed by atoms with Gasteiger partial charge in [-0.15, -0.1) is 0 Å². The highest BCUT2D eigenvalue weighted by atomic mass is 16.7. The van der Waals surface area contributed by atoms with Crippen LogP contribution in [0.5, 0.6) is 11.5 Å². The monoisotopic (exact) mass is 341 g/mol. The first kappa shape index (κ1) is 17.3. The summed E-state index contributed by atoms with van der Waals surface area (Å²) in [6, 6.07) is 7.76. The highest BCUT2D eigenvalue weighted by molar-refractivity contribution is 5.89. The average Bonchev–Trinajstić information content (AvgIpc) is 3.07. The van der Waals surface area contributed by atoms with Crippen molar-refractivity contribution in [2.75, 3.05) is 6.79 Å². The number of hydrogen-bond acceptors (Lipinski definition) is 5. The molecule has 0 N–H and O–H groups in total. The third-order valence-electron chi connectivity index (χ3n) is 4.25. The second-order valence-electron chi connectivity index (χ2n) is 6.60. The molecule has 1 aromatic carbocycles. The number of aryl methyl sites for hydroxylation is 1. The van der Waals surface area contributed by atoms with E-state index in [0.29, 0.717) is 11.5 Å². The molecule has 1 atom stereocenters. The predicted molar refractivity (Wildman–Crippen MR) is 94.1 cm³/mol. The molecule has 0 aliphatic carbocycles.